The monoisotopic (exact) mass is 961 g/mol. The number of nitrogens with zero attached hydrogens (tertiary/aromatic N) is 3. The fourth-order valence-corrected chi connectivity index (χ4v) is 8.21. The Kier molecular flexibility index (Phi) is 9.32. The quantitative estimate of drug-likeness (QED) is 0.161. The number of benzene rings is 5. The number of rotatable bonds is 5. The van der Waals surface area contributed by atoms with Crippen LogP contribution in [-0.4, -0.2) is 15.0 Å². The normalized spacial score (nSPS) is 13.9. The molecule has 0 N–H and O–H groups in total. The molecule has 6 heteroatoms. The third kappa shape index (κ3) is 7.94. The zero-order valence-corrected chi connectivity index (χ0v) is 36.7. The second-order valence-corrected chi connectivity index (χ2v) is 16.6. The summed E-state index contributed by atoms with van der Waals surface area (Å²) in [6, 6.07) is 38.4. The molecular weight excluding hydrogens is 907 g/mol. The molecule has 0 amide bonds. The van der Waals surface area contributed by atoms with E-state index in [4.69, 9.17) is 24.0 Å². The molecule has 4 heterocycles. The molecule has 9 aromatic rings. The third-order valence-electron chi connectivity index (χ3n) is 10.1. The molecule has 293 valence electrons. The van der Waals surface area contributed by atoms with Gasteiger partial charge in [-0.3, -0.25) is 0 Å². The van der Waals surface area contributed by atoms with Crippen LogP contribution in [0.5, 0.6) is 0 Å². The van der Waals surface area contributed by atoms with E-state index in [1.807, 2.05) is 68.6 Å². The van der Waals surface area contributed by atoms with Crippen molar-refractivity contribution in [3.8, 4) is 44.8 Å². The van der Waals surface area contributed by atoms with Crippen molar-refractivity contribution in [3.63, 3.8) is 0 Å². The summed E-state index contributed by atoms with van der Waals surface area (Å²) in [4.78, 5) is 14.2. The van der Waals surface area contributed by atoms with E-state index in [9.17, 15) is 0 Å². The van der Waals surface area contributed by atoms with E-state index < -0.39 is 19.6 Å². The number of fused-ring (bicyclic) bond motifs is 5. The molecule has 0 aliphatic carbocycles. The molecule has 9 rings (SSSR count). The summed E-state index contributed by atoms with van der Waals surface area (Å²) in [5.41, 5.74) is 12.3. The minimum absolute atomic E-state index is 0. The van der Waals surface area contributed by atoms with E-state index in [0.29, 0.717) is 16.8 Å². The predicted molar refractivity (Wildman–Crippen MR) is 240 cm³/mol. The number of pyridine rings is 2. The molecule has 0 saturated heterocycles. The van der Waals surface area contributed by atoms with Crippen molar-refractivity contribution >= 4 is 43.5 Å². The van der Waals surface area contributed by atoms with Crippen LogP contribution < -0.4 is 0 Å². The van der Waals surface area contributed by atoms with Crippen LogP contribution >= 0.6 is 11.3 Å². The summed E-state index contributed by atoms with van der Waals surface area (Å²) < 4.78 is 62.2. The molecule has 58 heavy (non-hydrogen) atoms. The van der Waals surface area contributed by atoms with Gasteiger partial charge in [0, 0.05) is 58.5 Å². The first kappa shape index (κ1) is 32.7. The van der Waals surface area contributed by atoms with Gasteiger partial charge in [0.15, 0.2) is 0 Å². The van der Waals surface area contributed by atoms with Crippen molar-refractivity contribution in [2.45, 2.75) is 73.5 Å². The summed E-state index contributed by atoms with van der Waals surface area (Å²) in [5, 5.41) is 3.16. The van der Waals surface area contributed by atoms with Gasteiger partial charge < -0.3 is 14.4 Å². The van der Waals surface area contributed by atoms with E-state index in [1.165, 1.54) is 29.5 Å². The van der Waals surface area contributed by atoms with Crippen molar-refractivity contribution in [2.75, 3.05) is 0 Å². The number of aryl methyl sites for hydroxylation is 4. The topological polar surface area (TPSA) is 51.8 Å². The van der Waals surface area contributed by atoms with Gasteiger partial charge >= 0.3 is 0 Å². The molecule has 0 atom stereocenters. The predicted octanol–water partition coefficient (Wildman–Crippen LogP) is 14.6. The van der Waals surface area contributed by atoms with Crippen LogP contribution in [-0.2, 0) is 25.5 Å². The largest absolute Gasteiger partial charge is 0.498 e. The first-order valence-corrected chi connectivity index (χ1v) is 19.7. The van der Waals surface area contributed by atoms with Crippen molar-refractivity contribution < 1.29 is 34.1 Å². The van der Waals surface area contributed by atoms with Gasteiger partial charge in [-0.05, 0) is 83.0 Å². The Labute approximate surface area is 369 Å². The maximum Gasteiger partial charge on any atom is 0.148 e. The smallest absolute Gasteiger partial charge is 0.148 e. The van der Waals surface area contributed by atoms with Crippen LogP contribution in [0.25, 0.3) is 76.9 Å². The Morgan fingerprint density at radius 1 is 0.759 bits per heavy atom. The van der Waals surface area contributed by atoms with E-state index in [-0.39, 0.29) is 36.6 Å². The minimum atomic E-state index is -2.29. The Bertz CT molecular complexity index is 3160. The molecule has 0 bridgehead atoms. The van der Waals surface area contributed by atoms with Crippen LogP contribution in [0.15, 0.2) is 120 Å². The standard InChI is InChI=1S/C33H31N2OS.C19H16N.Ir/c1-18(2)24-16-26(34-17-25(24)28-19(3)10-8-11-20(28)4)23-13-9-12-21-22-14-15-27-29(31(22)36-30(21)23)35-32(37-27)33(5,6)7;1-14-8-10-17(11-9-14)19-12-18(15(2)13-20-19)16-6-4-3-5-7-16;/h8-12,14-18H,1-7H3;3-10,12-13H,1-2H3;/q2*-1;/i18D;1D3,2D3;. The van der Waals surface area contributed by atoms with Gasteiger partial charge in [-0.2, -0.15) is 0 Å². The second-order valence-electron chi connectivity index (χ2n) is 15.6. The molecule has 0 saturated carbocycles. The van der Waals surface area contributed by atoms with E-state index >= 15 is 0 Å². The Balaban J connectivity index is 0.000000205. The van der Waals surface area contributed by atoms with Crippen LogP contribution in [0.1, 0.15) is 82.9 Å². The Hall–Kier alpha value is -5.26. The third-order valence-corrected chi connectivity index (χ3v) is 11.6. The van der Waals surface area contributed by atoms with Gasteiger partial charge in [-0.1, -0.05) is 119 Å². The van der Waals surface area contributed by atoms with Gasteiger partial charge in [-0.15, -0.1) is 64.9 Å². The summed E-state index contributed by atoms with van der Waals surface area (Å²) in [5.74, 6) is -0.820. The number of aromatic nitrogens is 3. The summed E-state index contributed by atoms with van der Waals surface area (Å²) in [6.07, 6.45) is 3.27. The number of hydrogen-bond acceptors (Lipinski definition) is 5. The van der Waals surface area contributed by atoms with E-state index in [0.717, 1.165) is 70.7 Å². The molecule has 4 aromatic heterocycles. The van der Waals surface area contributed by atoms with Crippen molar-refractivity contribution in [3.05, 3.63) is 160 Å². The minimum Gasteiger partial charge on any atom is -0.498 e. The molecule has 5 aromatic carbocycles. The Morgan fingerprint density at radius 2 is 1.52 bits per heavy atom. The molecule has 0 spiro atoms. The number of thiazole rings is 1. The fourth-order valence-electron chi connectivity index (χ4n) is 7.19. The zero-order chi connectivity index (χ0) is 45.9. The number of furan rings is 1. The van der Waals surface area contributed by atoms with Gasteiger partial charge in [0.1, 0.15) is 11.1 Å². The van der Waals surface area contributed by atoms with Crippen LogP contribution in [0.2, 0.25) is 0 Å². The molecule has 0 fully saturated rings. The van der Waals surface area contributed by atoms with Crippen LogP contribution in [0.4, 0.5) is 0 Å². The van der Waals surface area contributed by atoms with Gasteiger partial charge in [0.2, 0.25) is 0 Å². The van der Waals surface area contributed by atoms with Crippen molar-refractivity contribution in [1.29, 1.82) is 0 Å². The SMILES string of the molecule is [2H]C(C)(C)c1cc(-c2[c-]ccc3c2oc2c3ccc3sc(C(C)(C)C)nc32)ncc1-c1c(C)cccc1C.[2H]C([2H])([2H])c1c[c-]c(-c2cc(-c3ccccc3)c(C([2H])([2H])[2H])cn2)cc1.[Ir]. The molecule has 0 aliphatic rings. The molecule has 4 nitrogen and oxygen atoms in total. The first-order valence-electron chi connectivity index (χ1n) is 22.4. The van der Waals surface area contributed by atoms with Gasteiger partial charge in [-0.25, -0.2) is 4.98 Å². The summed E-state index contributed by atoms with van der Waals surface area (Å²) in [7, 11) is 0. The van der Waals surface area contributed by atoms with Crippen LogP contribution in [0.3, 0.4) is 0 Å². The van der Waals surface area contributed by atoms with Gasteiger partial charge in [0.25, 0.3) is 0 Å². The molecule has 1 radical (unpaired) electrons. The van der Waals surface area contributed by atoms with E-state index in [1.54, 1.807) is 23.5 Å². The van der Waals surface area contributed by atoms with Crippen molar-refractivity contribution in [2.24, 2.45) is 0 Å². The maximum atomic E-state index is 8.99. The van der Waals surface area contributed by atoms with Crippen molar-refractivity contribution in [1.82, 2.24) is 15.0 Å². The average Bonchev–Trinajstić information content (AvgIpc) is 3.86. The average molecular weight is 961 g/mol. The maximum absolute atomic E-state index is 8.99. The van der Waals surface area contributed by atoms with Gasteiger partial charge in [0.05, 0.1) is 15.3 Å². The second kappa shape index (κ2) is 16.5. The number of hydrogen-bond donors (Lipinski definition) is 0. The van der Waals surface area contributed by atoms with Crippen LogP contribution in [0, 0.1) is 39.7 Å². The summed E-state index contributed by atoms with van der Waals surface area (Å²) >= 11 is 1.72. The fraction of sp³-hybridized carbons (Fsp3) is 0.212. The summed E-state index contributed by atoms with van der Waals surface area (Å²) in [6.45, 7) is 10.2. The zero-order valence-electron chi connectivity index (χ0n) is 40.5. The first-order chi connectivity index (χ1) is 30.1. The molecule has 0 aliphatic heterocycles. The van der Waals surface area contributed by atoms with E-state index in [2.05, 4.69) is 82.1 Å². The molecule has 0 unspecified atom stereocenters. The Morgan fingerprint density at radius 3 is 2.21 bits per heavy atom. The molecular formula is C52H47IrN3OS-2.